The molecule has 2 N–H and O–H groups in total. The summed E-state index contributed by atoms with van der Waals surface area (Å²) >= 11 is 0. The Morgan fingerprint density at radius 2 is 1.74 bits per heavy atom. The number of sulfonamides is 1. The highest BCUT2D eigenvalue weighted by molar-refractivity contribution is 7.90. The Hall–Kier alpha value is -1.15. The van der Waals surface area contributed by atoms with Crippen molar-refractivity contribution in [1.82, 2.24) is 9.62 Å². The van der Waals surface area contributed by atoms with Crippen molar-refractivity contribution in [3.8, 4) is 0 Å². The molecule has 8 heteroatoms. The molecule has 0 spiro atoms. The number of rotatable bonds is 5. The molecule has 2 atom stereocenters. The van der Waals surface area contributed by atoms with Crippen LogP contribution in [0.5, 0.6) is 0 Å². The molecule has 1 aliphatic heterocycles. The third kappa shape index (κ3) is 4.91. The molecule has 0 aromatic carbocycles. The van der Waals surface area contributed by atoms with Crippen LogP contribution in [0.15, 0.2) is 0 Å². The van der Waals surface area contributed by atoms with E-state index < -0.39 is 33.6 Å². The fourth-order valence-corrected chi connectivity index (χ4v) is 4.75. The number of carboxylic acids is 1. The number of hydrogen-bond donors (Lipinski definition) is 2. The maximum atomic E-state index is 12.2. The molecule has 7 nitrogen and oxygen atoms in total. The van der Waals surface area contributed by atoms with E-state index in [0.717, 1.165) is 25.7 Å². The van der Waals surface area contributed by atoms with Gasteiger partial charge in [0.25, 0.3) is 0 Å². The first-order valence-electron chi connectivity index (χ1n) is 8.18. The van der Waals surface area contributed by atoms with Crippen molar-refractivity contribution in [1.29, 1.82) is 0 Å². The number of likely N-dealkylation sites (tertiary alicyclic amines) is 1. The van der Waals surface area contributed by atoms with Crippen LogP contribution in [-0.2, 0) is 19.6 Å². The van der Waals surface area contributed by atoms with Crippen molar-refractivity contribution >= 4 is 21.9 Å². The lowest BCUT2D eigenvalue weighted by Gasteiger charge is -2.27. The molecule has 2 fully saturated rings. The van der Waals surface area contributed by atoms with Crippen LogP contribution >= 0.6 is 0 Å². The topological polar surface area (TPSA) is 104 Å². The van der Waals surface area contributed by atoms with Crippen molar-refractivity contribution in [2.24, 2.45) is 17.8 Å². The minimum Gasteiger partial charge on any atom is -0.481 e. The van der Waals surface area contributed by atoms with Crippen LogP contribution in [-0.4, -0.2) is 55.2 Å². The van der Waals surface area contributed by atoms with Crippen molar-refractivity contribution in [2.75, 3.05) is 18.8 Å². The van der Waals surface area contributed by atoms with Gasteiger partial charge in [-0.2, -0.15) is 0 Å². The molecule has 1 aliphatic carbocycles. The summed E-state index contributed by atoms with van der Waals surface area (Å²) in [6, 6.07) is -0.0896. The molecule has 23 heavy (non-hydrogen) atoms. The van der Waals surface area contributed by atoms with Gasteiger partial charge in [0, 0.05) is 19.1 Å². The largest absolute Gasteiger partial charge is 0.481 e. The number of aliphatic carboxylic acids is 1. The smallest absolute Gasteiger partial charge is 0.308 e. The van der Waals surface area contributed by atoms with E-state index in [9.17, 15) is 18.0 Å². The summed E-state index contributed by atoms with van der Waals surface area (Å²) in [5, 5.41) is 9.08. The standard InChI is InChI=1S/C15H26N2O5S/c1-10-3-5-12(6-4-10)16-23(21,22)9-14(18)17-7-11(2)13(8-17)15(19)20/h10-13,16H,3-9H2,1-2H3,(H,19,20)/t10?,11-,12?,13-/m1/s1. The van der Waals surface area contributed by atoms with E-state index in [0.29, 0.717) is 12.5 Å². The van der Waals surface area contributed by atoms with Gasteiger partial charge in [-0.15, -0.1) is 0 Å². The molecule has 0 aromatic rings. The summed E-state index contributed by atoms with van der Waals surface area (Å²) in [5.41, 5.74) is 0. The third-order valence-electron chi connectivity index (χ3n) is 4.96. The Bertz CT molecular complexity index is 554. The maximum absolute atomic E-state index is 12.2. The zero-order valence-electron chi connectivity index (χ0n) is 13.7. The number of nitrogens with one attached hydrogen (secondary N) is 1. The Labute approximate surface area is 137 Å². The molecule has 1 amide bonds. The van der Waals surface area contributed by atoms with Gasteiger partial charge in [0.2, 0.25) is 15.9 Å². The van der Waals surface area contributed by atoms with Gasteiger partial charge >= 0.3 is 5.97 Å². The molecule has 132 valence electrons. The average Bonchev–Trinajstić information content (AvgIpc) is 2.83. The summed E-state index contributed by atoms with van der Waals surface area (Å²) in [6.07, 6.45) is 3.59. The summed E-state index contributed by atoms with van der Waals surface area (Å²) in [7, 11) is -3.68. The van der Waals surface area contributed by atoms with Crippen molar-refractivity contribution in [2.45, 2.75) is 45.6 Å². The van der Waals surface area contributed by atoms with Gasteiger partial charge in [-0.25, -0.2) is 13.1 Å². The Balaban J connectivity index is 1.88. The number of carbonyl (C=O) groups is 2. The van der Waals surface area contributed by atoms with Crippen LogP contribution in [0.1, 0.15) is 39.5 Å². The first kappa shape index (κ1) is 18.2. The van der Waals surface area contributed by atoms with Gasteiger partial charge in [-0.1, -0.05) is 13.8 Å². The minimum absolute atomic E-state index is 0.0891. The van der Waals surface area contributed by atoms with Crippen LogP contribution in [0, 0.1) is 17.8 Å². The van der Waals surface area contributed by atoms with Gasteiger partial charge < -0.3 is 10.0 Å². The zero-order chi connectivity index (χ0) is 17.2. The van der Waals surface area contributed by atoms with Gasteiger partial charge in [0.15, 0.2) is 0 Å². The molecule has 1 heterocycles. The average molecular weight is 346 g/mol. The number of carbonyl (C=O) groups excluding carboxylic acids is 1. The van der Waals surface area contributed by atoms with Crippen LogP contribution in [0.3, 0.4) is 0 Å². The van der Waals surface area contributed by atoms with E-state index in [1.54, 1.807) is 6.92 Å². The molecule has 1 saturated heterocycles. The molecule has 1 saturated carbocycles. The molecule has 2 aliphatic rings. The van der Waals surface area contributed by atoms with Crippen molar-refractivity contribution in [3.63, 3.8) is 0 Å². The molecule has 0 radical (unpaired) electrons. The number of hydrogen-bond acceptors (Lipinski definition) is 4. The quantitative estimate of drug-likeness (QED) is 0.761. The Kier molecular flexibility index (Phi) is 5.67. The van der Waals surface area contributed by atoms with E-state index >= 15 is 0 Å². The van der Waals surface area contributed by atoms with Gasteiger partial charge in [0.1, 0.15) is 5.75 Å². The minimum atomic E-state index is -3.68. The van der Waals surface area contributed by atoms with E-state index in [2.05, 4.69) is 11.6 Å². The SMILES string of the molecule is CC1CCC(NS(=O)(=O)CC(=O)N2C[C@@H](C)[C@H](C(=O)O)C2)CC1. The highest BCUT2D eigenvalue weighted by Crippen LogP contribution is 2.25. The van der Waals surface area contributed by atoms with Crippen LogP contribution in [0.4, 0.5) is 0 Å². The van der Waals surface area contributed by atoms with E-state index in [1.165, 1.54) is 4.90 Å². The normalized spacial score (nSPS) is 32.0. The molecule has 0 bridgehead atoms. The predicted molar refractivity (Wildman–Crippen MR) is 85.2 cm³/mol. The summed E-state index contributed by atoms with van der Waals surface area (Å²) in [6.45, 7) is 4.31. The first-order chi connectivity index (χ1) is 10.7. The van der Waals surface area contributed by atoms with Crippen molar-refractivity contribution < 1.29 is 23.1 Å². The summed E-state index contributed by atoms with van der Waals surface area (Å²) in [5.74, 6) is -2.21. The van der Waals surface area contributed by atoms with Crippen molar-refractivity contribution in [3.05, 3.63) is 0 Å². The second kappa shape index (κ2) is 7.17. The van der Waals surface area contributed by atoms with Gasteiger partial charge in [-0.3, -0.25) is 9.59 Å². The summed E-state index contributed by atoms with van der Waals surface area (Å²) < 4.78 is 27.0. The molecule has 0 unspecified atom stereocenters. The van der Waals surface area contributed by atoms with Gasteiger partial charge in [0.05, 0.1) is 5.92 Å². The number of carboxylic acid groups (broad SMARTS) is 1. The summed E-state index contributed by atoms with van der Waals surface area (Å²) in [4.78, 5) is 24.6. The number of nitrogens with zero attached hydrogens (tertiary/aromatic N) is 1. The van der Waals surface area contributed by atoms with Crippen LogP contribution in [0.25, 0.3) is 0 Å². The van der Waals surface area contributed by atoms with Crippen LogP contribution < -0.4 is 4.72 Å². The fourth-order valence-electron chi connectivity index (χ4n) is 3.42. The number of amides is 1. The Morgan fingerprint density at radius 1 is 1.13 bits per heavy atom. The highest BCUT2D eigenvalue weighted by Gasteiger charge is 2.38. The lowest BCUT2D eigenvalue weighted by Crippen LogP contribution is -2.43. The molecular weight excluding hydrogens is 320 g/mol. The molecular formula is C15H26N2O5S. The van der Waals surface area contributed by atoms with E-state index in [4.69, 9.17) is 5.11 Å². The monoisotopic (exact) mass is 346 g/mol. The molecule has 2 rings (SSSR count). The third-order valence-corrected chi connectivity index (χ3v) is 6.28. The van der Waals surface area contributed by atoms with Gasteiger partial charge in [-0.05, 0) is 37.5 Å². The van der Waals surface area contributed by atoms with E-state index in [-0.39, 0.29) is 18.5 Å². The van der Waals surface area contributed by atoms with E-state index in [1.807, 2.05) is 0 Å². The second-order valence-corrected chi connectivity index (χ2v) is 8.81. The molecule has 0 aromatic heterocycles. The first-order valence-corrected chi connectivity index (χ1v) is 9.83. The lowest BCUT2D eigenvalue weighted by molar-refractivity contribution is -0.142. The fraction of sp³-hybridized carbons (Fsp3) is 0.867. The Morgan fingerprint density at radius 3 is 2.26 bits per heavy atom. The van der Waals surface area contributed by atoms with Crippen LogP contribution in [0.2, 0.25) is 0 Å². The maximum Gasteiger partial charge on any atom is 0.308 e. The highest BCUT2D eigenvalue weighted by atomic mass is 32.2. The predicted octanol–water partition coefficient (Wildman–Crippen LogP) is 0.664. The zero-order valence-corrected chi connectivity index (χ0v) is 14.5. The lowest BCUT2D eigenvalue weighted by atomic mass is 9.88. The second-order valence-electron chi connectivity index (χ2n) is 7.05.